The molecule has 2 aliphatic heterocycles. The third-order valence-corrected chi connectivity index (χ3v) is 13.2. The minimum atomic E-state index is -1.10. The number of rotatable bonds is 9. The number of ether oxygens (including phenoxy) is 2. The number of carbonyl (C=O) groups excluding carboxylic acids is 4. The summed E-state index contributed by atoms with van der Waals surface area (Å²) in [6, 6.07) is 12.9. The second-order valence-corrected chi connectivity index (χ2v) is 19.4. The zero-order chi connectivity index (χ0) is 44.8. The van der Waals surface area contributed by atoms with Crippen LogP contribution < -0.4 is 10.7 Å². The number of esters is 1. The van der Waals surface area contributed by atoms with E-state index in [1.165, 1.54) is 9.91 Å². The summed E-state index contributed by atoms with van der Waals surface area (Å²) < 4.78 is 14.2. The summed E-state index contributed by atoms with van der Waals surface area (Å²) in [5, 5.41) is 16.7. The number of phenols is 1. The largest absolute Gasteiger partial charge is 0.508 e. The van der Waals surface area contributed by atoms with Gasteiger partial charge in [0.25, 0.3) is 5.91 Å². The molecule has 62 heavy (non-hydrogen) atoms. The van der Waals surface area contributed by atoms with Gasteiger partial charge in [0.15, 0.2) is 0 Å². The standard InChI is InChI=1S/C49H64N6O7/c1-11-54-40-17-16-31-24-35(40)36(43(54)34-14-12-18-50-41(34)29(4)61-10)25-48(5,6)27-62-47(60)38-15-13-19-55(52-38)46(59)39(22-30-20-32(31)23-33(56)21-30)51-44(57)42(28(2)3)53(9)45(58)37-26-49(37,7)8/h12,14,16-18,20-21,23-24,28-29,37-39,42,52,56H,11,13,15,19,22,25-27H2,1-10H3,(H,51,57)/t29-,37+,38-,39-,42?/m0/s1. The Morgan fingerprint density at radius 2 is 1.82 bits per heavy atom. The monoisotopic (exact) mass is 848 g/mol. The van der Waals surface area contributed by atoms with E-state index in [1.54, 1.807) is 32.5 Å². The summed E-state index contributed by atoms with van der Waals surface area (Å²) in [6.07, 6.45) is 3.87. The number of fused-ring (bicyclic) bond motifs is 6. The van der Waals surface area contributed by atoms with Crippen molar-refractivity contribution in [3.05, 3.63) is 71.5 Å². The summed E-state index contributed by atoms with van der Waals surface area (Å²) in [5.74, 6) is -1.83. The Hall–Kier alpha value is -5.27. The van der Waals surface area contributed by atoms with Crippen LogP contribution in [0.3, 0.4) is 0 Å². The average molecular weight is 849 g/mol. The van der Waals surface area contributed by atoms with Crippen molar-refractivity contribution in [2.45, 2.75) is 118 Å². The van der Waals surface area contributed by atoms with Gasteiger partial charge in [0, 0.05) is 67.7 Å². The van der Waals surface area contributed by atoms with Crippen molar-refractivity contribution in [1.29, 1.82) is 0 Å². The molecule has 1 unspecified atom stereocenters. The number of nitrogens with zero attached hydrogens (tertiary/aromatic N) is 4. The minimum Gasteiger partial charge on any atom is -0.508 e. The molecule has 2 aromatic heterocycles. The number of methoxy groups -OCH3 is 1. The van der Waals surface area contributed by atoms with E-state index in [9.17, 15) is 24.3 Å². The zero-order valence-electron chi connectivity index (χ0n) is 38.0. The van der Waals surface area contributed by atoms with Crippen molar-refractivity contribution < 1.29 is 33.8 Å². The van der Waals surface area contributed by atoms with Crippen molar-refractivity contribution in [1.82, 2.24) is 30.2 Å². The van der Waals surface area contributed by atoms with Gasteiger partial charge in [0.1, 0.15) is 23.9 Å². The predicted octanol–water partition coefficient (Wildman–Crippen LogP) is 6.98. The molecule has 2 fully saturated rings. The number of hydrogen-bond donors (Lipinski definition) is 3. The van der Waals surface area contributed by atoms with Gasteiger partial charge >= 0.3 is 5.97 Å². The van der Waals surface area contributed by atoms with Gasteiger partial charge in [-0.3, -0.25) is 29.2 Å². The van der Waals surface area contributed by atoms with Gasteiger partial charge in [-0.05, 0) is 110 Å². The van der Waals surface area contributed by atoms with E-state index < -0.39 is 41.3 Å². The number of aromatic nitrogens is 2. The molecule has 6 bridgehead atoms. The second kappa shape index (κ2) is 17.5. The van der Waals surface area contributed by atoms with E-state index in [0.29, 0.717) is 37.9 Å². The lowest BCUT2D eigenvalue weighted by Gasteiger charge is -2.37. The highest BCUT2D eigenvalue weighted by Crippen LogP contribution is 2.52. The van der Waals surface area contributed by atoms with Crippen molar-refractivity contribution in [3.8, 4) is 28.1 Å². The molecule has 2 aromatic carbocycles. The number of hydrogen-bond acceptors (Lipinski definition) is 9. The topological polar surface area (TPSA) is 155 Å². The van der Waals surface area contributed by atoms with E-state index in [4.69, 9.17) is 14.5 Å². The number of pyridine rings is 1. The SMILES string of the molecule is CCn1c(-c2cccnc2[C@H](C)OC)c2c3cc(ccc31)-c1cc(O)cc(c1)C[C@H](NC(=O)C(C(C)C)N(C)C(=O)[C@H]1CC1(C)C)C(=O)N1CCC[C@H](N1)C(=O)OCC(C)(C)C2. The van der Waals surface area contributed by atoms with Crippen LogP contribution in [0.5, 0.6) is 5.75 Å². The molecule has 332 valence electrons. The number of aromatic hydroxyl groups is 1. The molecule has 0 spiro atoms. The van der Waals surface area contributed by atoms with Crippen LogP contribution in [0.1, 0.15) is 97.6 Å². The third kappa shape index (κ3) is 8.97. The fourth-order valence-corrected chi connectivity index (χ4v) is 9.52. The van der Waals surface area contributed by atoms with Crippen LogP contribution in [0.2, 0.25) is 0 Å². The number of benzene rings is 2. The fourth-order valence-electron chi connectivity index (χ4n) is 9.52. The summed E-state index contributed by atoms with van der Waals surface area (Å²) in [5.41, 5.74) is 9.61. The van der Waals surface area contributed by atoms with Gasteiger partial charge in [0.05, 0.1) is 24.1 Å². The van der Waals surface area contributed by atoms with Gasteiger partial charge in [-0.2, -0.15) is 0 Å². The Bertz CT molecular complexity index is 2370. The second-order valence-electron chi connectivity index (χ2n) is 19.4. The average Bonchev–Trinajstić information content (AvgIpc) is 3.78. The Balaban J connectivity index is 1.35. The molecule has 0 radical (unpaired) electrons. The quantitative estimate of drug-likeness (QED) is 0.151. The summed E-state index contributed by atoms with van der Waals surface area (Å²) in [4.78, 5) is 62.8. The highest BCUT2D eigenvalue weighted by Gasteiger charge is 2.53. The van der Waals surface area contributed by atoms with E-state index in [-0.39, 0.29) is 48.0 Å². The third-order valence-electron chi connectivity index (χ3n) is 13.2. The Kier molecular flexibility index (Phi) is 12.6. The highest BCUT2D eigenvalue weighted by molar-refractivity contribution is 5.96. The number of hydrazine groups is 1. The number of aryl methyl sites for hydroxylation is 1. The molecule has 1 aliphatic carbocycles. The number of carbonyl (C=O) groups is 4. The molecule has 13 heteroatoms. The first-order chi connectivity index (χ1) is 29.3. The first kappa shape index (κ1) is 44.8. The summed E-state index contributed by atoms with van der Waals surface area (Å²) in [7, 11) is 3.34. The van der Waals surface area contributed by atoms with E-state index >= 15 is 0 Å². The molecule has 3 aliphatic rings. The predicted molar refractivity (Wildman–Crippen MR) is 239 cm³/mol. The van der Waals surface area contributed by atoms with Crippen molar-refractivity contribution in [2.24, 2.45) is 22.7 Å². The van der Waals surface area contributed by atoms with Gasteiger partial charge in [-0.1, -0.05) is 53.7 Å². The van der Waals surface area contributed by atoms with Crippen LogP contribution in [0.25, 0.3) is 33.3 Å². The van der Waals surface area contributed by atoms with E-state index in [2.05, 4.69) is 54.3 Å². The first-order valence-electron chi connectivity index (χ1n) is 22.1. The maximum Gasteiger partial charge on any atom is 0.324 e. The van der Waals surface area contributed by atoms with Crippen molar-refractivity contribution >= 4 is 34.6 Å². The van der Waals surface area contributed by atoms with E-state index in [1.807, 2.05) is 52.8 Å². The number of phenolic OH excluding ortho intramolecular Hbond substituents is 1. The summed E-state index contributed by atoms with van der Waals surface area (Å²) in [6.45, 7) is 17.3. The van der Waals surface area contributed by atoms with Crippen LogP contribution in [0.15, 0.2) is 54.7 Å². The molecule has 4 aromatic rings. The number of likely N-dealkylation sites (N-methyl/N-ethyl adjacent to an activating group) is 1. The lowest BCUT2D eigenvalue weighted by molar-refractivity contribution is -0.155. The molecule has 7 rings (SSSR count). The number of cyclic esters (lactones) is 1. The van der Waals surface area contributed by atoms with Crippen LogP contribution >= 0.6 is 0 Å². The molecule has 13 nitrogen and oxygen atoms in total. The van der Waals surface area contributed by atoms with Gasteiger partial charge in [-0.15, -0.1) is 0 Å². The Morgan fingerprint density at radius 1 is 1.08 bits per heavy atom. The fraction of sp³-hybridized carbons (Fsp3) is 0.531. The molecule has 3 N–H and O–H groups in total. The van der Waals surface area contributed by atoms with Crippen LogP contribution in [-0.2, 0) is 48.0 Å². The van der Waals surface area contributed by atoms with Gasteiger partial charge < -0.3 is 29.4 Å². The maximum atomic E-state index is 14.6. The minimum absolute atomic E-state index is 0.0163. The molecular formula is C49H64N6O7. The Morgan fingerprint density at radius 3 is 2.50 bits per heavy atom. The van der Waals surface area contributed by atoms with Crippen molar-refractivity contribution in [3.63, 3.8) is 0 Å². The van der Waals surface area contributed by atoms with Gasteiger partial charge in [-0.25, -0.2) is 5.43 Å². The smallest absolute Gasteiger partial charge is 0.324 e. The lowest BCUT2D eigenvalue weighted by atomic mass is 9.84. The molecule has 1 saturated heterocycles. The lowest BCUT2D eigenvalue weighted by Crippen LogP contribution is -2.62. The molecule has 5 atom stereocenters. The maximum absolute atomic E-state index is 14.6. The molecular weight excluding hydrogens is 785 g/mol. The normalized spacial score (nSPS) is 22.1. The Labute approximate surface area is 365 Å². The van der Waals surface area contributed by atoms with Gasteiger partial charge in [0.2, 0.25) is 11.8 Å². The van der Waals surface area contributed by atoms with Crippen LogP contribution in [0.4, 0.5) is 0 Å². The van der Waals surface area contributed by atoms with E-state index in [0.717, 1.165) is 51.0 Å². The first-order valence-corrected chi connectivity index (χ1v) is 22.1. The summed E-state index contributed by atoms with van der Waals surface area (Å²) >= 11 is 0. The molecule has 3 amide bonds. The molecule has 1 saturated carbocycles. The van der Waals surface area contributed by atoms with Crippen molar-refractivity contribution in [2.75, 3.05) is 27.3 Å². The van der Waals surface area contributed by atoms with Crippen LogP contribution in [-0.4, -0.2) is 93.7 Å². The number of amides is 3. The zero-order valence-corrected chi connectivity index (χ0v) is 38.0. The van der Waals surface area contributed by atoms with Crippen LogP contribution in [0, 0.1) is 22.7 Å². The molecule has 4 heterocycles. The highest BCUT2D eigenvalue weighted by atomic mass is 16.5. The number of nitrogens with one attached hydrogen (secondary N) is 2.